The number of methoxy groups -OCH3 is 1. The number of halogens is 1. The standard InChI is InChI=1S/C23H22FN3O4S/c1-3-10-14(24)5-16-20-19(15(25)9-32-22(10)20)12-6-27-17(21(12)26-16)4-11(18(29)7-28)13(8-31-2)23(27)30/h4-5,7,15,18,29H,3,6,8-9,25H2,1-2H3. The number of rotatable bonds is 5. The molecule has 0 saturated heterocycles. The molecule has 2 aromatic heterocycles. The second kappa shape index (κ2) is 7.77. The first-order chi connectivity index (χ1) is 15.4. The summed E-state index contributed by atoms with van der Waals surface area (Å²) in [6, 6.07) is 2.75. The quantitative estimate of drug-likeness (QED) is 0.446. The molecule has 3 aromatic rings. The van der Waals surface area contributed by atoms with E-state index in [0.29, 0.717) is 40.9 Å². The molecule has 2 aliphatic heterocycles. The SMILES string of the molecule is CCc1c(F)cc2nc3c(c4c2c1SCC4N)Cn1c-3cc(C(O)C=O)c(COC)c1=O. The maximum absolute atomic E-state index is 14.9. The third-order valence-corrected chi connectivity index (χ3v) is 7.55. The summed E-state index contributed by atoms with van der Waals surface area (Å²) in [6.07, 6.45) is -0.529. The monoisotopic (exact) mass is 455 g/mol. The van der Waals surface area contributed by atoms with Crippen LogP contribution in [0.5, 0.6) is 0 Å². The first-order valence-electron chi connectivity index (χ1n) is 10.4. The van der Waals surface area contributed by atoms with Crippen LogP contribution in [-0.4, -0.2) is 33.8 Å². The number of thioether (sulfide) groups is 1. The van der Waals surface area contributed by atoms with Crippen molar-refractivity contribution in [2.75, 3.05) is 12.9 Å². The smallest absolute Gasteiger partial charge is 0.257 e. The summed E-state index contributed by atoms with van der Waals surface area (Å²) < 4.78 is 21.6. The van der Waals surface area contributed by atoms with Crippen molar-refractivity contribution in [3.05, 3.63) is 56.1 Å². The predicted molar refractivity (Wildman–Crippen MR) is 119 cm³/mol. The lowest BCUT2D eigenvalue weighted by Gasteiger charge is -2.26. The van der Waals surface area contributed by atoms with Crippen LogP contribution in [0.3, 0.4) is 0 Å². The van der Waals surface area contributed by atoms with Crippen LogP contribution in [0.4, 0.5) is 4.39 Å². The molecule has 0 fully saturated rings. The maximum atomic E-state index is 14.9. The number of aliphatic hydroxyl groups is 1. The minimum Gasteiger partial charge on any atom is -0.381 e. The number of fused-ring (bicyclic) bond motifs is 4. The summed E-state index contributed by atoms with van der Waals surface area (Å²) >= 11 is 1.54. The Morgan fingerprint density at radius 3 is 2.91 bits per heavy atom. The number of ether oxygens (including phenoxy) is 1. The molecule has 2 aliphatic rings. The second-order valence-electron chi connectivity index (χ2n) is 8.05. The number of nitrogens with zero attached hydrogens (tertiary/aromatic N) is 2. The molecule has 4 heterocycles. The van der Waals surface area contributed by atoms with Gasteiger partial charge in [-0.25, -0.2) is 9.37 Å². The van der Waals surface area contributed by atoms with Crippen LogP contribution in [0.25, 0.3) is 22.3 Å². The molecule has 0 aliphatic carbocycles. The Kier molecular flexibility index (Phi) is 5.16. The van der Waals surface area contributed by atoms with Gasteiger partial charge in [0.05, 0.1) is 30.1 Å². The molecule has 3 N–H and O–H groups in total. The highest BCUT2D eigenvalue weighted by Gasteiger charge is 2.34. The fourth-order valence-corrected chi connectivity index (χ4v) is 6.13. The zero-order valence-corrected chi connectivity index (χ0v) is 18.5. The molecular formula is C23H22FN3O4S. The van der Waals surface area contributed by atoms with E-state index in [2.05, 4.69) is 0 Å². The molecule has 1 aromatic carbocycles. The van der Waals surface area contributed by atoms with Gasteiger partial charge in [-0.05, 0) is 18.1 Å². The van der Waals surface area contributed by atoms with E-state index in [4.69, 9.17) is 15.5 Å². The Hall–Kier alpha value is -2.59. The summed E-state index contributed by atoms with van der Waals surface area (Å²) in [6.45, 7) is 2.15. The zero-order valence-electron chi connectivity index (χ0n) is 17.6. The molecule has 5 rings (SSSR count). The van der Waals surface area contributed by atoms with Crippen molar-refractivity contribution in [2.45, 2.75) is 43.5 Å². The van der Waals surface area contributed by atoms with Crippen molar-refractivity contribution in [1.82, 2.24) is 9.55 Å². The largest absolute Gasteiger partial charge is 0.381 e. The highest BCUT2D eigenvalue weighted by atomic mass is 32.2. The minimum atomic E-state index is -1.46. The number of nitrogens with two attached hydrogens (primary N) is 1. The second-order valence-corrected chi connectivity index (χ2v) is 9.08. The van der Waals surface area contributed by atoms with Crippen LogP contribution < -0.4 is 11.3 Å². The van der Waals surface area contributed by atoms with Gasteiger partial charge >= 0.3 is 0 Å². The number of carbonyl (C=O) groups excluding carboxylic acids is 1. The highest BCUT2D eigenvalue weighted by molar-refractivity contribution is 7.99. The summed E-state index contributed by atoms with van der Waals surface area (Å²) in [5.41, 5.74) is 10.5. The van der Waals surface area contributed by atoms with E-state index >= 15 is 0 Å². The molecule has 2 unspecified atom stereocenters. The van der Waals surface area contributed by atoms with Crippen molar-refractivity contribution in [3.8, 4) is 11.4 Å². The van der Waals surface area contributed by atoms with E-state index in [1.807, 2.05) is 6.92 Å². The number of hydrogen-bond acceptors (Lipinski definition) is 7. The molecule has 0 radical (unpaired) electrons. The molecular weight excluding hydrogens is 433 g/mol. The van der Waals surface area contributed by atoms with Crippen LogP contribution in [0.2, 0.25) is 0 Å². The molecule has 2 atom stereocenters. The third-order valence-electron chi connectivity index (χ3n) is 6.28. The van der Waals surface area contributed by atoms with Crippen molar-refractivity contribution >= 4 is 29.0 Å². The lowest BCUT2D eigenvalue weighted by atomic mass is 9.93. The van der Waals surface area contributed by atoms with Gasteiger partial charge in [0.2, 0.25) is 0 Å². The number of carbonyl (C=O) groups is 1. The minimum absolute atomic E-state index is 0.0384. The summed E-state index contributed by atoms with van der Waals surface area (Å²) in [4.78, 5) is 30.2. The third kappa shape index (κ3) is 2.88. The normalized spacial score (nSPS) is 17.3. The number of benzene rings is 1. The van der Waals surface area contributed by atoms with Gasteiger partial charge in [0, 0.05) is 57.5 Å². The lowest BCUT2D eigenvalue weighted by molar-refractivity contribution is -0.115. The van der Waals surface area contributed by atoms with Gasteiger partial charge in [-0.2, -0.15) is 0 Å². The number of aromatic nitrogens is 2. The van der Waals surface area contributed by atoms with E-state index in [-0.39, 0.29) is 41.7 Å². The van der Waals surface area contributed by atoms with Gasteiger partial charge in [0.15, 0.2) is 6.29 Å². The fourth-order valence-electron chi connectivity index (χ4n) is 4.84. The van der Waals surface area contributed by atoms with E-state index in [9.17, 15) is 19.1 Å². The number of pyridine rings is 2. The highest BCUT2D eigenvalue weighted by Crippen LogP contribution is 2.47. The first-order valence-corrected chi connectivity index (χ1v) is 11.3. The van der Waals surface area contributed by atoms with Crippen molar-refractivity contribution in [2.24, 2.45) is 5.73 Å². The average Bonchev–Trinajstić information content (AvgIpc) is 3.15. The molecule has 9 heteroatoms. The Labute approximate surface area is 187 Å². The average molecular weight is 456 g/mol. The molecule has 0 amide bonds. The summed E-state index contributed by atoms with van der Waals surface area (Å²) in [7, 11) is 1.44. The van der Waals surface area contributed by atoms with Crippen LogP contribution >= 0.6 is 11.8 Å². The molecule has 7 nitrogen and oxygen atoms in total. The first kappa shape index (κ1) is 21.3. The predicted octanol–water partition coefficient (Wildman–Crippen LogP) is 2.61. The van der Waals surface area contributed by atoms with Gasteiger partial charge in [-0.15, -0.1) is 11.8 Å². The van der Waals surface area contributed by atoms with Gasteiger partial charge < -0.3 is 24.9 Å². The van der Waals surface area contributed by atoms with Crippen LogP contribution in [0, 0.1) is 5.82 Å². The van der Waals surface area contributed by atoms with Crippen LogP contribution in [-0.2, 0) is 29.1 Å². The number of hydrogen-bond donors (Lipinski definition) is 2. The summed E-state index contributed by atoms with van der Waals surface area (Å²) in [5, 5.41) is 11.1. The van der Waals surface area contributed by atoms with Gasteiger partial charge in [-0.3, -0.25) is 4.79 Å². The maximum Gasteiger partial charge on any atom is 0.257 e. The van der Waals surface area contributed by atoms with Gasteiger partial charge in [0.1, 0.15) is 11.9 Å². The fraction of sp³-hybridized carbons (Fsp3) is 0.348. The van der Waals surface area contributed by atoms with Crippen molar-refractivity contribution < 1.29 is 19.0 Å². The van der Waals surface area contributed by atoms with Crippen molar-refractivity contribution in [1.29, 1.82) is 0 Å². The molecule has 166 valence electrons. The van der Waals surface area contributed by atoms with E-state index in [1.165, 1.54) is 13.2 Å². The Morgan fingerprint density at radius 1 is 1.44 bits per heavy atom. The zero-order chi connectivity index (χ0) is 22.7. The van der Waals surface area contributed by atoms with E-state index in [0.717, 1.165) is 21.4 Å². The van der Waals surface area contributed by atoms with Gasteiger partial charge in [-0.1, -0.05) is 6.92 Å². The molecule has 0 spiro atoms. The van der Waals surface area contributed by atoms with E-state index in [1.54, 1.807) is 22.4 Å². The Bertz CT molecular complexity index is 1350. The number of aldehydes is 1. The molecule has 0 bridgehead atoms. The molecule has 0 saturated carbocycles. The van der Waals surface area contributed by atoms with Crippen LogP contribution in [0.15, 0.2) is 21.8 Å². The summed E-state index contributed by atoms with van der Waals surface area (Å²) in [5.74, 6) is 0.295. The van der Waals surface area contributed by atoms with Gasteiger partial charge in [0.25, 0.3) is 5.56 Å². The number of aliphatic hydroxyl groups excluding tert-OH is 1. The van der Waals surface area contributed by atoms with Crippen molar-refractivity contribution in [3.63, 3.8) is 0 Å². The van der Waals surface area contributed by atoms with Crippen LogP contribution in [0.1, 0.15) is 46.9 Å². The molecule has 32 heavy (non-hydrogen) atoms. The Balaban J connectivity index is 1.86. The van der Waals surface area contributed by atoms with E-state index < -0.39 is 6.10 Å². The Morgan fingerprint density at radius 2 is 2.22 bits per heavy atom. The lowest BCUT2D eigenvalue weighted by Crippen LogP contribution is -2.27. The topological polar surface area (TPSA) is 107 Å².